The zero-order chi connectivity index (χ0) is 14.8. The molecule has 0 bridgehead atoms. The Bertz CT molecular complexity index is 410. The molecule has 4 heteroatoms. The second-order valence-electron chi connectivity index (χ2n) is 7.14. The molecule has 1 heterocycles. The van der Waals surface area contributed by atoms with Crippen molar-refractivity contribution in [3.63, 3.8) is 0 Å². The van der Waals surface area contributed by atoms with E-state index in [1.807, 2.05) is 18.4 Å². The van der Waals surface area contributed by atoms with Crippen molar-refractivity contribution in [1.29, 1.82) is 0 Å². The van der Waals surface area contributed by atoms with Crippen molar-refractivity contribution in [2.24, 2.45) is 11.3 Å². The maximum atomic E-state index is 4.47. The molecule has 0 amide bonds. The summed E-state index contributed by atoms with van der Waals surface area (Å²) in [5, 5.41) is 14.6. The van der Waals surface area contributed by atoms with Crippen LogP contribution in [0.5, 0.6) is 0 Å². The van der Waals surface area contributed by atoms with E-state index in [1.165, 1.54) is 30.7 Å². The highest BCUT2D eigenvalue weighted by molar-refractivity contribution is 7.11. The highest BCUT2D eigenvalue weighted by Crippen LogP contribution is 2.43. The Morgan fingerprint density at radius 3 is 2.35 bits per heavy atom. The molecule has 1 atom stereocenters. The van der Waals surface area contributed by atoms with Gasteiger partial charge in [-0.15, -0.1) is 10.2 Å². The van der Waals surface area contributed by atoms with Gasteiger partial charge in [0.05, 0.1) is 6.04 Å². The highest BCUT2D eigenvalue weighted by atomic mass is 32.1. The first-order valence-electron chi connectivity index (χ1n) is 7.96. The van der Waals surface area contributed by atoms with Crippen molar-refractivity contribution in [2.45, 2.75) is 71.8 Å². The van der Waals surface area contributed by atoms with Crippen LogP contribution in [0.2, 0.25) is 0 Å². The van der Waals surface area contributed by atoms with Gasteiger partial charge in [-0.2, -0.15) is 0 Å². The monoisotopic (exact) mass is 295 g/mol. The topological polar surface area (TPSA) is 37.8 Å². The van der Waals surface area contributed by atoms with Crippen LogP contribution in [0, 0.1) is 11.3 Å². The molecule has 2 rings (SSSR count). The van der Waals surface area contributed by atoms with Crippen molar-refractivity contribution in [3.05, 3.63) is 10.0 Å². The lowest BCUT2D eigenvalue weighted by Crippen LogP contribution is -2.25. The minimum atomic E-state index is 0.368. The Labute approximate surface area is 127 Å². The first-order valence-corrected chi connectivity index (χ1v) is 8.78. The molecule has 114 valence electrons. The zero-order valence-electron chi connectivity index (χ0n) is 13.6. The van der Waals surface area contributed by atoms with Gasteiger partial charge in [-0.05, 0) is 50.5 Å². The van der Waals surface area contributed by atoms with Crippen LogP contribution in [0.15, 0.2) is 0 Å². The number of nitrogens with one attached hydrogen (secondary N) is 1. The van der Waals surface area contributed by atoms with Gasteiger partial charge in [-0.25, -0.2) is 0 Å². The van der Waals surface area contributed by atoms with Crippen LogP contribution in [0.3, 0.4) is 0 Å². The lowest BCUT2D eigenvalue weighted by Gasteiger charge is -2.36. The zero-order valence-corrected chi connectivity index (χ0v) is 14.4. The van der Waals surface area contributed by atoms with Crippen molar-refractivity contribution in [3.8, 4) is 0 Å². The molecule has 1 aliphatic carbocycles. The Morgan fingerprint density at radius 2 is 1.85 bits per heavy atom. The van der Waals surface area contributed by atoms with Gasteiger partial charge in [0, 0.05) is 5.92 Å². The predicted molar refractivity (Wildman–Crippen MR) is 86.2 cm³/mol. The molecule has 0 aromatic carbocycles. The molecule has 0 spiro atoms. The van der Waals surface area contributed by atoms with Crippen LogP contribution in [0.1, 0.15) is 81.8 Å². The summed E-state index contributed by atoms with van der Waals surface area (Å²) in [5.41, 5.74) is 0.455. The van der Waals surface area contributed by atoms with Crippen molar-refractivity contribution >= 4 is 11.3 Å². The SMILES string of the molecule is CCC(NC)c1nnc(C2CCC(C(C)(C)C)CC2)s1. The van der Waals surface area contributed by atoms with Crippen LogP contribution in [-0.4, -0.2) is 17.2 Å². The third kappa shape index (κ3) is 3.59. The summed E-state index contributed by atoms with van der Waals surface area (Å²) < 4.78 is 0. The quantitative estimate of drug-likeness (QED) is 0.887. The van der Waals surface area contributed by atoms with Gasteiger partial charge in [-0.1, -0.05) is 39.0 Å². The van der Waals surface area contributed by atoms with E-state index in [0.717, 1.165) is 17.3 Å². The maximum Gasteiger partial charge on any atom is 0.134 e. The van der Waals surface area contributed by atoms with E-state index in [0.29, 0.717) is 17.4 Å². The maximum absolute atomic E-state index is 4.47. The van der Waals surface area contributed by atoms with E-state index in [1.54, 1.807) is 0 Å². The van der Waals surface area contributed by atoms with Gasteiger partial charge in [0.1, 0.15) is 10.0 Å². The number of hydrogen-bond donors (Lipinski definition) is 1. The average molecular weight is 295 g/mol. The predicted octanol–water partition coefficient (Wildman–Crippen LogP) is 4.53. The largest absolute Gasteiger partial charge is 0.311 e. The minimum Gasteiger partial charge on any atom is -0.311 e. The Balaban J connectivity index is 1.97. The third-order valence-electron chi connectivity index (χ3n) is 4.81. The number of nitrogens with zero attached hydrogens (tertiary/aromatic N) is 2. The molecule has 1 aromatic heterocycles. The summed E-state index contributed by atoms with van der Waals surface area (Å²) >= 11 is 1.82. The molecule has 1 aliphatic rings. The molecule has 1 fully saturated rings. The summed E-state index contributed by atoms with van der Waals surface area (Å²) in [6.45, 7) is 9.32. The third-order valence-corrected chi connectivity index (χ3v) is 6.01. The van der Waals surface area contributed by atoms with Crippen LogP contribution in [0.25, 0.3) is 0 Å². The van der Waals surface area contributed by atoms with Gasteiger partial charge in [-0.3, -0.25) is 0 Å². The number of hydrogen-bond acceptors (Lipinski definition) is 4. The fourth-order valence-electron chi connectivity index (χ4n) is 3.26. The van der Waals surface area contributed by atoms with E-state index < -0.39 is 0 Å². The molecule has 0 saturated heterocycles. The van der Waals surface area contributed by atoms with Crippen LogP contribution in [-0.2, 0) is 0 Å². The normalized spacial score (nSPS) is 25.6. The Morgan fingerprint density at radius 1 is 1.20 bits per heavy atom. The molecule has 20 heavy (non-hydrogen) atoms. The van der Waals surface area contributed by atoms with E-state index in [-0.39, 0.29) is 0 Å². The molecule has 1 N–H and O–H groups in total. The Kier molecular flexibility index (Phi) is 5.19. The van der Waals surface area contributed by atoms with E-state index in [4.69, 9.17) is 0 Å². The number of aromatic nitrogens is 2. The van der Waals surface area contributed by atoms with Crippen molar-refractivity contribution in [1.82, 2.24) is 15.5 Å². The van der Waals surface area contributed by atoms with Crippen LogP contribution >= 0.6 is 11.3 Å². The van der Waals surface area contributed by atoms with Gasteiger partial charge in [0.2, 0.25) is 0 Å². The summed E-state index contributed by atoms with van der Waals surface area (Å²) in [5.74, 6) is 1.51. The van der Waals surface area contributed by atoms with E-state index in [2.05, 4.69) is 43.2 Å². The molecule has 1 saturated carbocycles. The standard InChI is InChI=1S/C16H29N3S/c1-6-13(17-5)15-19-18-14(20-15)11-7-9-12(10-8-11)16(2,3)4/h11-13,17H,6-10H2,1-5H3. The van der Waals surface area contributed by atoms with Gasteiger partial charge in [0.25, 0.3) is 0 Å². The van der Waals surface area contributed by atoms with E-state index in [9.17, 15) is 0 Å². The first kappa shape index (κ1) is 15.9. The summed E-state index contributed by atoms with van der Waals surface area (Å²) in [6.07, 6.45) is 6.32. The summed E-state index contributed by atoms with van der Waals surface area (Å²) in [4.78, 5) is 0. The van der Waals surface area contributed by atoms with Crippen molar-refractivity contribution in [2.75, 3.05) is 7.05 Å². The fourth-order valence-corrected chi connectivity index (χ4v) is 4.47. The van der Waals surface area contributed by atoms with Gasteiger partial charge < -0.3 is 5.32 Å². The molecule has 0 radical (unpaired) electrons. The molecular formula is C16H29N3S. The lowest BCUT2D eigenvalue weighted by atomic mass is 9.70. The molecule has 0 aliphatic heterocycles. The first-order chi connectivity index (χ1) is 9.45. The van der Waals surface area contributed by atoms with Crippen LogP contribution < -0.4 is 5.32 Å². The minimum absolute atomic E-state index is 0.368. The molecular weight excluding hydrogens is 266 g/mol. The number of rotatable bonds is 4. The lowest BCUT2D eigenvalue weighted by molar-refractivity contribution is 0.169. The Hall–Kier alpha value is -0.480. The molecule has 3 nitrogen and oxygen atoms in total. The van der Waals surface area contributed by atoms with E-state index >= 15 is 0 Å². The fraction of sp³-hybridized carbons (Fsp3) is 0.875. The summed E-state index contributed by atoms with van der Waals surface area (Å²) in [6, 6.07) is 0.368. The molecule has 1 unspecified atom stereocenters. The second kappa shape index (κ2) is 6.52. The van der Waals surface area contributed by atoms with Gasteiger partial charge >= 0.3 is 0 Å². The van der Waals surface area contributed by atoms with Crippen molar-refractivity contribution < 1.29 is 0 Å². The smallest absolute Gasteiger partial charge is 0.134 e. The summed E-state index contributed by atoms with van der Waals surface area (Å²) in [7, 11) is 2.00. The second-order valence-corrected chi connectivity index (χ2v) is 8.18. The average Bonchev–Trinajstić information content (AvgIpc) is 2.89. The highest BCUT2D eigenvalue weighted by Gasteiger charge is 2.31. The molecule has 1 aromatic rings. The van der Waals surface area contributed by atoms with Gasteiger partial charge in [0.15, 0.2) is 0 Å². The van der Waals surface area contributed by atoms with Crippen LogP contribution in [0.4, 0.5) is 0 Å².